The first-order valence-electron chi connectivity index (χ1n) is 11.6. The highest BCUT2D eigenvalue weighted by molar-refractivity contribution is 9.10. The minimum Gasteiger partial charge on any atom is -0.481 e. The molecule has 0 unspecified atom stereocenters. The van der Waals surface area contributed by atoms with Gasteiger partial charge in [-0.1, -0.05) is 64.8 Å². The van der Waals surface area contributed by atoms with Crippen LogP contribution in [0.15, 0.2) is 73.4 Å². The zero-order valence-corrected chi connectivity index (χ0v) is 24.2. The number of hydrogen-bond donors (Lipinski definition) is 1. The van der Waals surface area contributed by atoms with Crippen molar-refractivity contribution < 1.29 is 19.6 Å². The predicted octanol–water partition coefficient (Wildman–Crippen LogP) is 6.29. The van der Waals surface area contributed by atoms with Crippen molar-refractivity contribution in [2.45, 2.75) is 32.8 Å². The van der Waals surface area contributed by atoms with Crippen LogP contribution >= 0.6 is 31.9 Å². The average Bonchev–Trinajstić information content (AvgIpc) is 2.86. The lowest BCUT2D eigenvalue weighted by atomic mass is 9.95. The van der Waals surface area contributed by atoms with Gasteiger partial charge in [0.15, 0.2) is 0 Å². The van der Waals surface area contributed by atoms with E-state index in [4.69, 9.17) is 4.74 Å². The molecule has 4 aromatic rings. The number of carboxylic acids is 1. The Hall–Kier alpha value is -3.90. The summed E-state index contributed by atoms with van der Waals surface area (Å²) in [5, 5.41) is 25.9. The maximum absolute atomic E-state index is 13.5. The van der Waals surface area contributed by atoms with Crippen LogP contribution in [0, 0.1) is 10.1 Å². The summed E-state index contributed by atoms with van der Waals surface area (Å²) in [6.45, 7) is 5.56. The van der Waals surface area contributed by atoms with E-state index in [2.05, 4.69) is 41.9 Å². The summed E-state index contributed by atoms with van der Waals surface area (Å²) in [4.78, 5) is 40.8. The molecule has 0 spiro atoms. The quantitative estimate of drug-likeness (QED) is 0.140. The molecule has 0 saturated heterocycles. The van der Waals surface area contributed by atoms with Gasteiger partial charge in [0.2, 0.25) is 5.75 Å². The Balaban J connectivity index is 1.84. The average molecular weight is 658 g/mol. The summed E-state index contributed by atoms with van der Waals surface area (Å²) >= 11 is 6.67. The van der Waals surface area contributed by atoms with E-state index >= 15 is 0 Å². The molecule has 4 rings (SSSR count). The molecule has 3 aromatic carbocycles. The van der Waals surface area contributed by atoms with Gasteiger partial charge in [0.05, 0.1) is 27.6 Å². The second-order valence-electron chi connectivity index (χ2n) is 9.60. The van der Waals surface area contributed by atoms with Crippen molar-refractivity contribution in [2.75, 3.05) is 0 Å². The van der Waals surface area contributed by atoms with E-state index in [1.807, 2.05) is 20.8 Å². The Bertz CT molecular complexity index is 1710. The van der Waals surface area contributed by atoms with Crippen LogP contribution in [0.25, 0.3) is 10.9 Å². The largest absolute Gasteiger partial charge is 0.481 e. The van der Waals surface area contributed by atoms with Gasteiger partial charge in [-0.2, -0.15) is 9.78 Å². The number of benzene rings is 3. The van der Waals surface area contributed by atoms with Gasteiger partial charge in [-0.05, 0) is 42.0 Å². The fourth-order valence-electron chi connectivity index (χ4n) is 3.80. The molecule has 10 nitrogen and oxygen atoms in total. The standard InChI is InChI=1S/C27H22Br2N4O6/c1-27(2,3)26-31-21-8-7-18(28)11-20(21)24(34)32(26)30-13-17-10-19(29)12-22(33(37)38)23(17)39-14-15-5-4-6-16(9-15)25(35)36/h4-13H,14H2,1-3H3,(H,35,36). The Morgan fingerprint density at radius 1 is 1.15 bits per heavy atom. The Kier molecular flexibility index (Phi) is 7.98. The van der Waals surface area contributed by atoms with Crippen molar-refractivity contribution in [2.24, 2.45) is 5.10 Å². The maximum atomic E-state index is 13.5. The number of nitro groups is 1. The molecule has 0 aliphatic rings. The van der Waals surface area contributed by atoms with E-state index in [1.54, 1.807) is 36.4 Å². The topological polar surface area (TPSA) is 137 Å². The molecule has 0 aliphatic carbocycles. The van der Waals surface area contributed by atoms with Gasteiger partial charge in [-0.25, -0.2) is 9.78 Å². The minimum absolute atomic E-state index is 0.0627. The number of halogens is 2. The second kappa shape index (κ2) is 11.1. The van der Waals surface area contributed by atoms with Crippen LogP contribution in [0.3, 0.4) is 0 Å². The lowest BCUT2D eigenvalue weighted by Gasteiger charge is -2.21. The van der Waals surface area contributed by atoms with Crippen LogP contribution in [0.4, 0.5) is 5.69 Å². The van der Waals surface area contributed by atoms with Crippen LogP contribution in [0.1, 0.15) is 48.1 Å². The number of carbonyl (C=O) groups is 1. The van der Waals surface area contributed by atoms with E-state index < -0.39 is 21.9 Å². The Morgan fingerprint density at radius 3 is 2.56 bits per heavy atom. The van der Waals surface area contributed by atoms with Crippen molar-refractivity contribution in [1.29, 1.82) is 0 Å². The summed E-state index contributed by atoms with van der Waals surface area (Å²) in [6.07, 6.45) is 1.31. The van der Waals surface area contributed by atoms with E-state index in [0.717, 1.165) is 0 Å². The Labute approximate surface area is 239 Å². The van der Waals surface area contributed by atoms with E-state index in [1.165, 1.54) is 29.1 Å². The normalized spacial score (nSPS) is 11.7. The zero-order valence-electron chi connectivity index (χ0n) is 21.0. The summed E-state index contributed by atoms with van der Waals surface area (Å²) in [6, 6.07) is 14.1. The third-order valence-electron chi connectivity index (χ3n) is 5.61. The molecule has 0 bridgehead atoms. The summed E-state index contributed by atoms with van der Waals surface area (Å²) in [7, 11) is 0. The SMILES string of the molecule is CC(C)(C)c1nc2ccc(Br)cc2c(=O)n1N=Cc1cc(Br)cc([N+](=O)[O-])c1OCc1cccc(C(=O)O)c1. The van der Waals surface area contributed by atoms with Gasteiger partial charge >= 0.3 is 11.7 Å². The first-order chi connectivity index (χ1) is 18.3. The number of nitrogens with zero attached hydrogens (tertiary/aromatic N) is 4. The molecule has 0 saturated carbocycles. The molecule has 12 heteroatoms. The van der Waals surface area contributed by atoms with E-state index in [-0.39, 0.29) is 29.2 Å². The molecule has 0 fully saturated rings. The van der Waals surface area contributed by atoms with Gasteiger partial charge < -0.3 is 9.84 Å². The molecule has 39 heavy (non-hydrogen) atoms. The highest BCUT2D eigenvalue weighted by Crippen LogP contribution is 2.35. The number of rotatable bonds is 7. The van der Waals surface area contributed by atoms with Crippen LogP contribution in [0.5, 0.6) is 5.75 Å². The number of ether oxygens (including phenoxy) is 1. The number of carboxylic acid groups (broad SMARTS) is 1. The third kappa shape index (κ3) is 6.23. The van der Waals surface area contributed by atoms with Crippen LogP contribution in [0.2, 0.25) is 0 Å². The first kappa shape index (κ1) is 28.1. The van der Waals surface area contributed by atoms with Crippen molar-refractivity contribution in [3.05, 3.63) is 107 Å². The third-order valence-corrected chi connectivity index (χ3v) is 6.56. The van der Waals surface area contributed by atoms with Crippen LogP contribution in [-0.4, -0.2) is 31.9 Å². The molecule has 0 amide bonds. The minimum atomic E-state index is -1.10. The summed E-state index contributed by atoms with van der Waals surface area (Å²) in [5.41, 5.74) is 0.0226. The molecule has 0 atom stereocenters. The van der Waals surface area contributed by atoms with Gasteiger partial charge in [0.25, 0.3) is 5.56 Å². The number of aromatic nitrogens is 2. The zero-order chi connectivity index (χ0) is 28.5. The molecular weight excluding hydrogens is 636 g/mol. The van der Waals surface area contributed by atoms with Gasteiger partial charge in [-0.15, -0.1) is 0 Å². The van der Waals surface area contributed by atoms with Crippen molar-refractivity contribution in [1.82, 2.24) is 9.66 Å². The maximum Gasteiger partial charge on any atom is 0.335 e. The number of fused-ring (bicyclic) bond motifs is 1. The fraction of sp³-hybridized carbons (Fsp3) is 0.185. The smallest absolute Gasteiger partial charge is 0.335 e. The van der Waals surface area contributed by atoms with Crippen molar-refractivity contribution in [3.63, 3.8) is 0 Å². The number of hydrogen-bond acceptors (Lipinski definition) is 7. The molecule has 0 radical (unpaired) electrons. The van der Waals surface area contributed by atoms with Crippen LogP contribution < -0.4 is 10.3 Å². The molecular formula is C27H22Br2N4O6. The van der Waals surface area contributed by atoms with Gasteiger partial charge in [0.1, 0.15) is 12.4 Å². The number of nitro benzene ring substituents is 1. The highest BCUT2D eigenvalue weighted by atomic mass is 79.9. The van der Waals surface area contributed by atoms with Crippen LogP contribution in [-0.2, 0) is 12.0 Å². The van der Waals surface area contributed by atoms with Crippen molar-refractivity contribution >= 4 is 60.6 Å². The molecule has 1 N–H and O–H groups in total. The first-order valence-corrected chi connectivity index (χ1v) is 13.1. The second-order valence-corrected chi connectivity index (χ2v) is 11.4. The molecule has 200 valence electrons. The lowest BCUT2D eigenvalue weighted by Crippen LogP contribution is -2.29. The monoisotopic (exact) mass is 656 g/mol. The summed E-state index contributed by atoms with van der Waals surface area (Å²) < 4.78 is 8.14. The molecule has 0 aliphatic heterocycles. The van der Waals surface area contributed by atoms with Gasteiger partial charge in [-0.3, -0.25) is 14.9 Å². The Morgan fingerprint density at radius 2 is 1.90 bits per heavy atom. The molecule has 1 heterocycles. The predicted molar refractivity (Wildman–Crippen MR) is 154 cm³/mol. The van der Waals surface area contributed by atoms with Gasteiger partial charge in [0, 0.05) is 26.0 Å². The van der Waals surface area contributed by atoms with Crippen molar-refractivity contribution in [3.8, 4) is 5.75 Å². The van der Waals surface area contributed by atoms with E-state index in [0.29, 0.717) is 31.2 Å². The van der Waals surface area contributed by atoms with E-state index in [9.17, 15) is 24.8 Å². The number of aromatic carboxylic acids is 1. The highest BCUT2D eigenvalue weighted by Gasteiger charge is 2.24. The molecule has 1 aromatic heterocycles. The fourth-order valence-corrected chi connectivity index (χ4v) is 4.62. The summed E-state index contributed by atoms with van der Waals surface area (Å²) in [5.74, 6) is -0.791. The lowest BCUT2D eigenvalue weighted by molar-refractivity contribution is -0.386.